The third-order valence-electron chi connectivity index (χ3n) is 2.25. The zero-order chi connectivity index (χ0) is 14.0. The summed E-state index contributed by atoms with van der Waals surface area (Å²) in [7, 11) is 1.67. The first-order valence-corrected chi connectivity index (χ1v) is 6.82. The first kappa shape index (κ1) is 13.8. The van der Waals surface area contributed by atoms with Crippen LogP contribution in [0.25, 0.3) is 0 Å². The second-order valence-electron chi connectivity index (χ2n) is 3.56. The van der Waals surface area contributed by atoms with E-state index in [1.807, 2.05) is 0 Å². The molecule has 0 radical (unpaired) electrons. The van der Waals surface area contributed by atoms with Gasteiger partial charge in [0.15, 0.2) is 5.13 Å². The molecule has 5 nitrogen and oxygen atoms in total. The van der Waals surface area contributed by atoms with E-state index in [0.717, 1.165) is 11.3 Å². The molecule has 1 aromatic carbocycles. The SMILES string of the molecule is CNc1nc(N)c(C(=O)Nc2ccc(Br)cc2F)s1. The second-order valence-corrected chi connectivity index (χ2v) is 5.48. The van der Waals surface area contributed by atoms with E-state index in [0.29, 0.717) is 9.60 Å². The Morgan fingerprint density at radius 2 is 2.26 bits per heavy atom. The first-order chi connectivity index (χ1) is 9.01. The van der Waals surface area contributed by atoms with Crippen molar-refractivity contribution in [3.8, 4) is 0 Å². The lowest BCUT2D eigenvalue weighted by molar-refractivity contribution is 0.103. The number of nitrogens with one attached hydrogen (secondary N) is 2. The van der Waals surface area contributed by atoms with Crippen LogP contribution in [0.1, 0.15) is 9.67 Å². The molecule has 1 aromatic heterocycles. The van der Waals surface area contributed by atoms with E-state index < -0.39 is 11.7 Å². The Kier molecular flexibility index (Phi) is 4.01. The topological polar surface area (TPSA) is 80.0 Å². The fourth-order valence-electron chi connectivity index (χ4n) is 1.37. The van der Waals surface area contributed by atoms with Gasteiger partial charge in [0.2, 0.25) is 0 Å². The summed E-state index contributed by atoms with van der Waals surface area (Å²) >= 11 is 4.25. The van der Waals surface area contributed by atoms with E-state index in [1.54, 1.807) is 13.1 Å². The van der Waals surface area contributed by atoms with E-state index in [2.05, 4.69) is 31.5 Å². The molecule has 0 aliphatic carbocycles. The summed E-state index contributed by atoms with van der Waals surface area (Å²) in [6.07, 6.45) is 0. The molecule has 1 amide bonds. The van der Waals surface area contributed by atoms with E-state index in [1.165, 1.54) is 12.1 Å². The van der Waals surface area contributed by atoms with Gasteiger partial charge in [0, 0.05) is 11.5 Å². The molecule has 0 aliphatic heterocycles. The van der Waals surface area contributed by atoms with Crippen molar-refractivity contribution < 1.29 is 9.18 Å². The van der Waals surface area contributed by atoms with Gasteiger partial charge < -0.3 is 16.4 Å². The molecule has 0 fully saturated rings. The molecule has 0 unspecified atom stereocenters. The molecule has 4 N–H and O–H groups in total. The van der Waals surface area contributed by atoms with Gasteiger partial charge in [-0.25, -0.2) is 9.37 Å². The minimum atomic E-state index is -0.528. The maximum Gasteiger partial charge on any atom is 0.269 e. The molecule has 0 saturated carbocycles. The number of amides is 1. The number of nitrogen functional groups attached to an aromatic ring is 1. The average molecular weight is 345 g/mol. The monoisotopic (exact) mass is 344 g/mol. The highest BCUT2D eigenvalue weighted by molar-refractivity contribution is 9.10. The maximum atomic E-state index is 13.6. The summed E-state index contributed by atoms with van der Waals surface area (Å²) in [5, 5.41) is 5.78. The highest BCUT2D eigenvalue weighted by Gasteiger charge is 2.17. The molecule has 2 aromatic rings. The van der Waals surface area contributed by atoms with Crippen LogP contribution < -0.4 is 16.4 Å². The standard InChI is InChI=1S/C11H10BrFN4OS/c1-15-11-17-9(14)8(19-11)10(18)16-7-3-2-5(12)4-6(7)13/h2-4H,14H2,1H3,(H,15,17)(H,16,18). The van der Waals surface area contributed by atoms with Crippen molar-refractivity contribution in [2.24, 2.45) is 0 Å². The van der Waals surface area contributed by atoms with Crippen LogP contribution in [0.5, 0.6) is 0 Å². The molecule has 0 aliphatic rings. The molecule has 0 saturated heterocycles. The van der Waals surface area contributed by atoms with Crippen LogP contribution in [0.3, 0.4) is 0 Å². The molecule has 0 atom stereocenters. The minimum absolute atomic E-state index is 0.0898. The van der Waals surface area contributed by atoms with Crippen LogP contribution in [-0.2, 0) is 0 Å². The number of thiazole rings is 1. The van der Waals surface area contributed by atoms with Gasteiger partial charge in [0.25, 0.3) is 5.91 Å². The predicted octanol–water partition coefficient (Wildman–Crippen LogP) is 2.92. The molecule has 2 rings (SSSR count). The molecular weight excluding hydrogens is 335 g/mol. The Morgan fingerprint density at radius 1 is 1.53 bits per heavy atom. The number of hydrogen-bond donors (Lipinski definition) is 3. The number of aromatic nitrogens is 1. The van der Waals surface area contributed by atoms with Gasteiger partial charge >= 0.3 is 0 Å². The summed E-state index contributed by atoms with van der Waals surface area (Å²) in [5.74, 6) is -0.901. The van der Waals surface area contributed by atoms with Crippen molar-refractivity contribution >= 4 is 49.8 Å². The molecule has 100 valence electrons. The number of halogens is 2. The number of carbonyl (C=O) groups is 1. The van der Waals surface area contributed by atoms with Gasteiger partial charge in [-0.05, 0) is 18.2 Å². The summed E-state index contributed by atoms with van der Waals surface area (Å²) < 4.78 is 14.2. The van der Waals surface area contributed by atoms with Crippen molar-refractivity contribution in [2.45, 2.75) is 0 Å². The zero-order valence-electron chi connectivity index (χ0n) is 9.83. The highest BCUT2D eigenvalue weighted by atomic mass is 79.9. The Balaban J connectivity index is 2.23. The van der Waals surface area contributed by atoms with Crippen molar-refractivity contribution in [2.75, 3.05) is 23.4 Å². The quantitative estimate of drug-likeness (QED) is 0.799. The van der Waals surface area contributed by atoms with Crippen LogP contribution in [-0.4, -0.2) is 17.9 Å². The second kappa shape index (κ2) is 5.54. The van der Waals surface area contributed by atoms with Gasteiger partial charge in [-0.1, -0.05) is 27.3 Å². The normalized spacial score (nSPS) is 10.3. The Morgan fingerprint density at radius 3 is 2.84 bits per heavy atom. The Labute approximate surface area is 121 Å². The minimum Gasteiger partial charge on any atom is -0.382 e. The van der Waals surface area contributed by atoms with E-state index in [4.69, 9.17) is 5.73 Å². The van der Waals surface area contributed by atoms with Crippen molar-refractivity contribution in [1.82, 2.24) is 4.98 Å². The predicted molar refractivity (Wildman–Crippen MR) is 78.1 cm³/mol. The van der Waals surface area contributed by atoms with Crippen LogP contribution in [0.15, 0.2) is 22.7 Å². The van der Waals surface area contributed by atoms with Crippen molar-refractivity contribution in [1.29, 1.82) is 0 Å². The number of rotatable bonds is 3. The summed E-state index contributed by atoms with van der Waals surface area (Å²) in [6, 6.07) is 4.37. The number of benzene rings is 1. The Hall–Kier alpha value is -1.67. The Bertz CT molecular complexity index is 631. The average Bonchev–Trinajstić information content (AvgIpc) is 2.74. The zero-order valence-corrected chi connectivity index (χ0v) is 12.2. The lowest BCUT2D eigenvalue weighted by atomic mass is 10.3. The lowest BCUT2D eigenvalue weighted by Crippen LogP contribution is -2.13. The third kappa shape index (κ3) is 3.02. The lowest BCUT2D eigenvalue weighted by Gasteiger charge is -2.05. The van der Waals surface area contributed by atoms with Crippen molar-refractivity contribution in [3.63, 3.8) is 0 Å². The summed E-state index contributed by atoms with van der Waals surface area (Å²) in [4.78, 5) is 16.2. The molecular formula is C11H10BrFN4OS. The van der Waals surface area contributed by atoms with E-state index >= 15 is 0 Å². The van der Waals surface area contributed by atoms with Gasteiger partial charge in [-0.3, -0.25) is 4.79 Å². The van der Waals surface area contributed by atoms with Crippen LogP contribution in [0, 0.1) is 5.82 Å². The number of nitrogens with two attached hydrogens (primary N) is 1. The largest absolute Gasteiger partial charge is 0.382 e. The molecule has 8 heteroatoms. The fourth-order valence-corrected chi connectivity index (χ4v) is 2.44. The van der Waals surface area contributed by atoms with Gasteiger partial charge in [-0.2, -0.15) is 0 Å². The summed E-state index contributed by atoms with van der Waals surface area (Å²) in [6.45, 7) is 0. The smallest absolute Gasteiger partial charge is 0.269 e. The van der Waals surface area contributed by atoms with E-state index in [-0.39, 0.29) is 16.4 Å². The van der Waals surface area contributed by atoms with Gasteiger partial charge in [0.05, 0.1) is 5.69 Å². The molecule has 1 heterocycles. The summed E-state index contributed by atoms with van der Waals surface area (Å²) in [5.41, 5.74) is 5.72. The van der Waals surface area contributed by atoms with E-state index in [9.17, 15) is 9.18 Å². The van der Waals surface area contributed by atoms with Gasteiger partial charge in [0.1, 0.15) is 16.5 Å². The van der Waals surface area contributed by atoms with Crippen LogP contribution in [0.4, 0.5) is 21.0 Å². The molecule has 0 spiro atoms. The third-order valence-corrected chi connectivity index (χ3v) is 3.83. The number of carbonyl (C=O) groups excluding carboxylic acids is 1. The highest BCUT2D eigenvalue weighted by Crippen LogP contribution is 2.26. The maximum absolute atomic E-state index is 13.6. The molecule has 0 bridgehead atoms. The van der Waals surface area contributed by atoms with Crippen molar-refractivity contribution in [3.05, 3.63) is 33.4 Å². The van der Waals surface area contributed by atoms with Gasteiger partial charge in [-0.15, -0.1) is 0 Å². The first-order valence-electron chi connectivity index (χ1n) is 5.21. The fraction of sp³-hybridized carbons (Fsp3) is 0.0909. The number of nitrogens with zero attached hydrogens (tertiary/aromatic N) is 1. The molecule has 19 heavy (non-hydrogen) atoms. The van der Waals surface area contributed by atoms with Crippen LogP contribution in [0.2, 0.25) is 0 Å². The number of anilines is 3. The number of hydrogen-bond acceptors (Lipinski definition) is 5. The van der Waals surface area contributed by atoms with Crippen LogP contribution >= 0.6 is 27.3 Å².